The second-order valence-corrected chi connectivity index (χ2v) is 7.75. The van der Waals surface area contributed by atoms with Gasteiger partial charge in [0, 0.05) is 9.92 Å². The third-order valence-corrected chi connectivity index (χ3v) is 5.36. The number of phenols is 1. The van der Waals surface area contributed by atoms with E-state index in [-0.39, 0.29) is 17.6 Å². The van der Waals surface area contributed by atoms with Crippen molar-refractivity contribution in [2.45, 2.75) is 38.0 Å². The second kappa shape index (κ2) is 8.63. The zero-order valence-electron chi connectivity index (χ0n) is 14.9. The molecule has 0 aromatic heterocycles. The zero-order chi connectivity index (χ0) is 18.6. The highest BCUT2D eigenvalue weighted by Crippen LogP contribution is 2.32. The van der Waals surface area contributed by atoms with Gasteiger partial charge in [-0.15, -0.1) is 11.8 Å². The number of hydrogen-bond acceptors (Lipinski definition) is 4. The van der Waals surface area contributed by atoms with E-state index in [2.05, 4.69) is 18.6 Å². The first-order valence-corrected chi connectivity index (χ1v) is 9.48. The van der Waals surface area contributed by atoms with E-state index >= 15 is 0 Å². The number of methoxy groups -OCH3 is 1. The molecule has 3 nitrogen and oxygen atoms in total. The lowest BCUT2D eigenvalue weighted by atomic mass is 9.95. The molecule has 2 aromatic carbocycles. The van der Waals surface area contributed by atoms with Crippen LogP contribution >= 0.6 is 23.4 Å². The summed E-state index contributed by atoms with van der Waals surface area (Å²) in [6, 6.07) is 9.64. The molecular weight excluding hydrogens is 356 g/mol. The van der Waals surface area contributed by atoms with Gasteiger partial charge in [0.25, 0.3) is 0 Å². The minimum Gasteiger partial charge on any atom is -0.508 e. The monoisotopic (exact) mass is 378 g/mol. The molecular formula is C20H23ClO3S. The first-order chi connectivity index (χ1) is 11.8. The summed E-state index contributed by atoms with van der Waals surface area (Å²) in [5.41, 5.74) is 4.20. The Morgan fingerprint density at radius 2 is 2.00 bits per heavy atom. The van der Waals surface area contributed by atoms with Gasteiger partial charge in [-0.1, -0.05) is 37.6 Å². The molecule has 0 atom stereocenters. The summed E-state index contributed by atoms with van der Waals surface area (Å²) in [5, 5.41) is 10.7. The summed E-state index contributed by atoms with van der Waals surface area (Å²) in [6.45, 7) is 6.14. The van der Waals surface area contributed by atoms with Crippen molar-refractivity contribution in [1.82, 2.24) is 0 Å². The minimum absolute atomic E-state index is 0.256. The molecule has 0 saturated carbocycles. The molecule has 0 unspecified atom stereocenters. The van der Waals surface area contributed by atoms with E-state index in [1.165, 1.54) is 18.9 Å². The van der Waals surface area contributed by atoms with E-state index in [0.29, 0.717) is 17.2 Å². The van der Waals surface area contributed by atoms with Gasteiger partial charge in [0.15, 0.2) is 0 Å². The number of benzene rings is 2. The van der Waals surface area contributed by atoms with Crippen LogP contribution < -0.4 is 0 Å². The number of carbonyl (C=O) groups excluding carboxylic acids is 1. The maximum Gasteiger partial charge on any atom is 0.315 e. The number of aryl methyl sites for hydroxylation is 1. The summed E-state index contributed by atoms with van der Waals surface area (Å²) >= 11 is 7.90. The summed E-state index contributed by atoms with van der Waals surface area (Å²) < 4.78 is 4.66. The molecule has 0 amide bonds. The quantitative estimate of drug-likeness (QED) is 0.544. The zero-order valence-corrected chi connectivity index (χ0v) is 16.5. The number of rotatable bonds is 6. The molecule has 0 spiro atoms. The normalized spacial score (nSPS) is 11.0. The molecule has 0 radical (unpaired) electrons. The van der Waals surface area contributed by atoms with Crippen molar-refractivity contribution in [3.63, 3.8) is 0 Å². The lowest BCUT2D eigenvalue weighted by molar-refractivity contribution is -0.137. The molecule has 0 heterocycles. The van der Waals surface area contributed by atoms with Crippen LogP contribution in [0.2, 0.25) is 5.02 Å². The Balaban J connectivity index is 2.23. The predicted molar refractivity (Wildman–Crippen MR) is 104 cm³/mol. The van der Waals surface area contributed by atoms with Crippen LogP contribution in [0.4, 0.5) is 0 Å². The van der Waals surface area contributed by atoms with Crippen molar-refractivity contribution in [2.24, 2.45) is 0 Å². The first kappa shape index (κ1) is 19.7. The van der Waals surface area contributed by atoms with Gasteiger partial charge < -0.3 is 9.84 Å². The van der Waals surface area contributed by atoms with Crippen LogP contribution in [-0.2, 0) is 16.0 Å². The Labute approximate surface area is 158 Å². The van der Waals surface area contributed by atoms with Crippen LogP contribution in [0.15, 0.2) is 35.2 Å². The highest BCUT2D eigenvalue weighted by atomic mass is 35.5. The topological polar surface area (TPSA) is 46.5 Å². The number of esters is 1. The van der Waals surface area contributed by atoms with E-state index in [0.717, 1.165) is 27.1 Å². The van der Waals surface area contributed by atoms with Crippen LogP contribution in [-0.4, -0.2) is 23.9 Å². The van der Waals surface area contributed by atoms with Gasteiger partial charge in [0.05, 0.1) is 12.9 Å². The molecule has 0 aliphatic carbocycles. The van der Waals surface area contributed by atoms with Gasteiger partial charge in [0.2, 0.25) is 0 Å². The van der Waals surface area contributed by atoms with Gasteiger partial charge in [-0.25, -0.2) is 0 Å². The maximum absolute atomic E-state index is 11.3. The van der Waals surface area contributed by atoms with Gasteiger partial charge in [0.1, 0.15) is 5.75 Å². The fourth-order valence-electron chi connectivity index (χ4n) is 2.63. The molecule has 0 fully saturated rings. The summed E-state index contributed by atoms with van der Waals surface area (Å²) in [5.74, 6) is 0.597. The predicted octanol–water partition coefficient (Wildman–Crippen LogP) is 5.33. The third kappa shape index (κ3) is 5.16. The molecule has 25 heavy (non-hydrogen) atoms. The van der Waals surface area contributed by atoms with Gasteiger partial charge >= 0.3 is 5.97 Å². The Morgan fingerprint density at radius 1 is 1.28 bits per heavy atom. The number of halogens is 1. The number of hydrogen-bond donors (Lipinski definition) is 1. The molecule has 134 valence electrons. The highest BCUT2D eigenvalue weighted by molar-refractivity contribution is 8.00. The highest BCUT2D eigenvalue weighted by Gasteiger charge is 2.12. The van der Waals surface area contributed by atoms with Gasteiger partial charge in [-0.2, -0.15) is 0 Å². The number of aromatic hydroxyl groups is 1. The molecule has 5 heteroatoms. The number of thioether (sulfide) groups is 1. The Hall–Kier alpha value is -1.65. The summed E-state index contributed by atoms with van der Waals surface area (Å²) in [6.07, 6.45) is 0.701. The Bertz CT molecular complexity index is 749. The maximum atomic E-state index is 11.3. The Kier molecular flexibility index (Phi) is 6.79. The molecule has 0 aliphatic heterocycles. The molecule has 0 saturated heterocycles. The smallest absolute Gasteiger partial charge is 0.315 e. The lowest BCUT2D eigenvalue weighted by Crippen LogP contribution is -2.03. The summed E-state index contributed by atoms with van der Waals surface area (Å²) in [7, 11) is 1.38. The van der Waals surface area contributed by atoms with Crippen LogP contribution in [0, 0.1) is 6.92 Å². The summed E-state index contributed by atoms with van der Waals surface area (Å²) in [4.78, 5) is 12.2. The van der Waals surface area contributed by atoms with Crippen molar-refractivity contribution in [3.8, 4) is 5.75 Å². The largest absolute Gasteiger partial charge is 0.508 e. The molecule has 2 aromatic rings. The molecule has 0 bridgehead atoms. The lowest BCUT2D eigenvalue weighted by Gasteiger charge is -2.14. The SMILES string of the molecule is COC(=O)CSc1cc(C)c(Cc2ccc(O)c(C(C)C)c2)c(Cl)c1. The Morgan fingerprint density at radius 3 is 2.60 bits per heavy atom. The second-order valence-electron chi connectivity index (χ2n) is 6.29. The van der Waals surface area contributed by atoms with Gasteiger partial charge in [-0.3, -0.25) is 4.79 Å². The van der Waals surface area contributed by atoms with E-state index in [9.17, 15) is 9.90 Å². The standard InChI is InChI=1S/C20H23ClO3S/c1-12(2)16-8-14(5-6-19(16)22)9-17-13(3)7-15(10-18(17)21)25-11-20(23)24-4/h5-8,10,12,22H,9,11H2,1-4H3. The minimum atomic E-state index is -0.256. The van der Waals surface area contributed by atoms with E-state index in [4.69, 9.17) is 11.6 Å². The average Bonchev–Trinajstić information content (AvgIpc) is 2.57. The van der Waals surface area contributed by atoms with Crippen LogP contribution in [0.1, 0.15) is 42.0 Å². The average molecular weight is 379 g/mol. The van der Waals surface area contributed by atoms with Crippen molar-refractivity contribution in [3.05, 3.63) is 57.6 Å². The number of carbonyl (C=O) groups is 1. The number of phenolic OH excluding ortho intramolecular Hbond substituents is 1. The first-order valence-electron chi connectivity index (χ1n) is 8.12. The van der Waals surface area contributed by atoms with E-state index in [1.807, 2.05) is 31.2 Å². The van der Waals surface area contributed by atoms with E-state index < -0.39 is 0 Å². The van der Waals surface area contributed by atoms with Crippen molar-refractivity contribution in [2.75, 3.05) is 12.9 Å². The van der Waals surface area contributed by atoms with Crippen molar-refractivity contribution < 1.29 is 14.6 Å². The van der Waals surface area contributed by atoms with Crippen LogP contribution in [0.25, 0.3) is 0 Å². The fourth-order valence-corrected chi connectivity index (χ4v) is 3.89. The third-order valence-electron chi connectivity index (χ3n) is 4.07. The molecule has 0 aliphatic rings. The fraction of sp³-hybridized carbons (Fsp3) is 0.350. The van der Waals surface area contributed by atoms with Crippen LogP contribution in [0.5, 0.6) is 5.75 Å². The van der Waals surface area contributed by atoms with Crippen molar-refractivity contribution in [1.29, 1.82) is 0 Å². The molecule has 2 rings (SSSR count). The van der Waals surface area contributed by atoms with Crippen LogP contribution in [0.3, 0.4) is 0 Å². The van der Waals surface area contributed by atoms with Gasteiger partial charge in [-0.05, 0) is 59.7 Å². The number of ether oxygens (including phenoxy) is 1. The van der Waals surface area contributed by atoms with Crippen molar-refractivity contribution >= 4 is 29.3 Å². The van der Waals surface area contributed by atoms with E-state index in [1.54, 1.807) is 6.07 Å². The molecule has 1 N–H and O–H groups in total.